The van der Waals surface area contributed by atoms with Crippen molar-refractivity contribution >= 4 is 21.6 Å². The third-order valence-corrected chi connectivity index (χ3v) is 7.41. The summed E-state index contributed by atoms with van der Waals surface area (Å²) in [6.45, 7) is 0.167. The molecule has 3 aromatic rings. The molecule has 2 heterocycles. The molecule has 1 aromatic heterocycles. The highest BCUT2D eigenvalue weighted by molar-refractivity contribution is 7.90. The van der Waals surface area contributed by atoms with Gasteiger partial charge in [-0.2, -0.15) is 0 Å². The zero-order valence-corrected chi connectivity index (χ0v) is 17.3. The van der Waals surface area contributed by atoms with Crippen LogP contribution in [0, 0.1) is 0 Å². The predicted molar refractivity (Wildman–Crippen MR) is 110 cm³/mol. The highest BCUT2D eigenvalue weighted by Gasteiger charge is 2.33. The Kier molecular flexibility index (Phi) is 4.34. The molecule has 2 aromatic carbocycles. The van der Waals surface area contributed by atoms with E-state index in [0.29, 0.717) is 22.2 Å². The lowest BCUT2D eigenvalue weighted by atomic mass is 10.1. The first kappa shape index (κ1) is 18.5. The molecule has 6 nitrogen and oxygen atoms in total. The number of fused-ring (bicyclic) bond motifs is 2. The normalized spacial score (nSPS) is 17.5. The van der Waals surface area contributed by atoms with Crippen molar-refractivity contribution in [2.24, 2.45) is 0 Å². The summed E-state index contributed by atoms with van der Waals surface area (Å²) in [5.74, 6) is 1.28. The van der Waals surface area contributed by atoms with Crippen LogP contribution in [0.4, 0.5) is 0 Å². The fourth-order valence-electron chi connectivity index (χ4n) is 4.12. The molecule has 0 bridgehead atoms. The number of aromatic nitrogens is 1. The summed E-state index contributed by atoms with van der Waals surface area (Å²) in [5.41, 5.74) is 3.48. The minimum Gasteiger partial charge on any atom is -0.454 e. The van der Waals surface area contributed by atoms with Gasteiger partial charge in [0.05, 0.1) is 10.6 Å². The van der Waals surface area contributed by atoms with Crippen LogP contribution in [0.2, 0.25) is 5.02 Å². The van der Waals surface area contributed by atoms with E-state index >= 15 is 0 Å². The lowest BCUT2D eigenvalue weighted by molar-refractivity contribution is 0.174. The summed E-state index contributed by atoms with van der Waals surface area (Å²) in [5, 5.41) is 3.66. The fourth-order valence-corrected chi connectivity index (χ4v) is 5.84. The first-order chi connectivity index (χ1) is 14.0. The number of halogens is 1. The van der Waals surface area contributed by atoms with Gasteiger partial charge in [-0.3, -0.25) is 0 Å². The second-order valence-electron chi connectivity index (χ2n) is 7.12. The van der Waals surface area contributed by atoms with E-state index in [1.165, 1.54) is 10.0 Å². The van der Waals surface area contributed by atoms with Crippen LogP contribution in [0.15, 0.2) is 53.6 Å². The van der Waals surface area contributed by atoms with E-state index in [2.05, 4.69) is 5.32 Å². The third-order valence-electron chi connectivity index (χ3n) is 5.52. The van der Waals surface area contributed by atoms with Gasteiger partial charge in [-0.1, -0.05) is 17.7 Å². The van der Waals surface area contributed by atoms with Crippen molar-refractivity contribution < 1.29 is 17.9 Å². The van der Waals surface area contributed by atoms with E-state index in [-0.39, 0.29) is 17.7 Å². The number of nitrogens with one attached hydrogen (secondary N) is 1. The van der Waals surface area contributed by atoms with Crippen molar-refractivity contribution in [3.05, 3.63) is 64.8 Å². The molecule has 1 aliphatic carbocycles. The van der Waals surface area contributed by atoms with Gasteiger partial charge in [0.1, 0.15) is 0 Å². The van der Waals surface area contributed by atoms with E-state index in [4.69, 9.17) is 21.1 Å². The van der Waals surface area contributed by atoms with Crippen LogP contribution in [0.25, 0.3) is 11.3 Å². The molecule has 1 unspecified atom stereocenters. The second kappa shape index (κ2) is 6.79. The first-order valence-corrected chi connectivity index (χ1v) is 11.1. The van der Waals surface area contributed by atoms with Gasteiger partial charge in [-0.25, -0.2) is 12.4 Å². The maximum atomic E-state index is 13.5. The molecule has 2 aliphatic rings. The van der Waals surface area contributed by atoms with Gasteiger partial charge in [0, 0.05) is 22.8 Å². The molecule has 1 N–H and O–H groups in total. The summed E-state index contributed by atoms with van der Waals surface area (Å²) in [4.78, 5) is 0.154. The van der Waals surface area contributed by atoms with Crippen LogP contribution < -0.4 is 14.8 Å². The number of rotatable bonds is 4. The van der Waals surface area contributed by atoms with Crippen LogP contribution in [0.3, 0.4) is 0 Å². The van der Waals surface area contributed by atoms with Crippen LogP contribution in [-0.4, -0.2) is 26.2 Å². The Balaban J connectivity index is 1.74. The smallest absolute Gasteiger partial charge is 0.268 e. The maximum absolute atomic E-state index is 13.5. The second-order valence-corrected chi connectivity index (χ2v) is 9.37. The van der Waals surface area contributed by atoms with Crippen molar-refractivity contribution in [2.75, 3.05) is 13.8 Å². The molecule has 1 atom stereocenters. The molecule has 0 saturated heterocycles. The highest BCUT2D eigenvalue weighted by Crippen LogP contribution is 2.43. The van der Waals surface area contributed by atoms with Crippen molar-refractivity contribution in [1.82, 2.24) is 9.29 Å². The lowest BCUT2D eigenvalue weighted by Gasteiger charge is -2.14. The third kappa shape index (κ3) is 2.92. The number of hydrogen-bond acceptors (Lipinski definition) is 5. The molecule has 1 aliphatic heterocycles. The molecule has 29 heavy (non-hydrogen) atoms. The number of hydrogen-bond donors (Lipinski definition) is 1. The summed E-state index contributed by atoms with van der Waals surface area (Å²) in [6.07, 6.45) is 3.46. The summed E-state index contributed by atoms with van der Waals surface area (Å²) < 4.78 is 39.4. The SMILES string of the molecule is CNC1CCc2c1cn(S(=O)(=O)c1cccc(Cl)c1)c2-c1ccc2c(c1)OCO2. The molecule has 150 valence electrons. The molecule has 0 amide bonds. The first-order valence-electron chi connectivity index (χ1n) is 9.31. The average molecular weight is 431 g/mol. The largest absolute Gasteiger partial charge is 0.454 e. The van der Waals surface area contributed by atoms with Crippen molar-refractivity contribution in [2.45, 2.75) is 23.8 Å². The minimum atomic E-state index is -3.83. The fraction of sp³-hybridized carbons (Fsp3) is 0.238. The Bertz CT molecular complexity index is 1220. The molecule has 0 saturated carbocycles. The quantitative estimate of drug-likeness (QED) is 0.678. The van der Waals surface area contributed by atoms with Crippen LogP contribution in [0.5, 0.6) is 11.5 Å². The zero-order chi connectivity index (χ0) is 20.2. The molecular weight excluding hydrogens is 412 g/mol. The lowest BCUT2D eigenvalue weighted by Crippen LogP contribution is -2.16. The Hall–Kier alpha value is -2.48. The standard InChI is InChI=1S/C21H19ClN2O4S/c1-23-18-7-6-16-17(18)11-24(29(25,26)15-4-2-3-14(22)10-15)21(16)13-5-8-19-20(9-13)28-12-27-19/h2-5,8-11,18,23H,6-7,12H2,1H3. The van der Waals surface area contributed by atoms with Crippen molar-refractivity contribution in [3.63, 3.8) is 0 Å². The van der Waals surface area contributed by atoms with Gasteiger partial charge in [0.25, 0.3) is 10.0 Å². The Labute approximate surface area is 174 Å². The van der Waals surface area contributed by atoms with Gasteiger partial charge >= 0.3 is 0 Å². The topological polar surface area (TPSA) is 69.6 Å². The molecular formula is C21H19ClN2O4S. The molecule has 0 spiro atoms. The van der Waals surface area contributed by atoms with Gasteiger partial charge < -0.3 is 14.8 Å². The number of nitrogens with zero attached hydrogens (tertiary/aromatic N) is 1. The van der Waals surface area contributed by atoms with E-state index in [1.54, 1.807) is 24.4 Å². The molecule has 0 radical (unpaired) electrons. The highest BCUT2D eigenvalue weighted by atomic mass is 35.5. The van der Waals surface area contributed by atoms with Crippen LogP contribution in [0.1, 0.15) is 23.6 Å². The maximum Gasteiger partial charge on any atom is 0.268 e. The molecule has 0 fully saturated rings. The Morgan fingerprint density at radius 2 is 1.97 bits per heavy atom. The monoisotopic (exact) mass is 430 g/mol. The number of ether oxygens (including phenoxy) is 2. The van der Waals surface area contributed by atoms with E-state index in [0.717, 1.165) is 29.5 Å². The van der Waals surface area contributed by atoms with Crippen molar-refractivity contribution in [3.8, 4) is 22.8 Å². The van der Waals surface area contributed by atoms with E-state index in [9.17, 15) is 8.42 Å². The Morgan fingerprint density at radius 3 is 2.76 bits per heavy atom. The van der Waals surface area contributed by atoms with E-state index in [1.807, 2.05) is 25.2 Å². The summed E-state index contributed by atoms with van der Waals surface area (Å²) >= 11 is 6.07. The predicted octanol–water partition coefficient (Wildman–Crippen LogP) is 3.98. The van der Waals surface area contributed by atoms with Gasteiger partial charge in [-0.05, 0) is 67.4 Å². The minimum absolute atomic E-state index is 0.119. The summed E-state index contributed by atoms with van der Waals surface area (Å²) in [7, 11) is -1.94. The zero-order valence-electron chi connectivity index (χ0n) is 15.7. The van der Waals surface area contributed by atoms with Crippen LogP contribution in [-0.2, 0) is 16.4 Å². The average Bonchev–Trinajstić information content (AvgIpc) is 3.41. The molecule has 8 heteroatoms. The van der Waals surface area contributed by atoms with Gasteiger partial charge in [-0.15, -0.1) is 0 Å². The Morgan fingerprint density at radius 1 is 1.14 bits per heavy atom. The number of benzene rings is 2. The van der Waals surface area contributed by atoms with Crippen molar-refractivity contribution in [1.29, 1.82) is 0 Å². The summed E-state index contributed by atoms with van der Waals surface area (Å²) in [6, 6.07) is 12.0. The van der Waals surface area contributed by atoms with Gasteiger partial charge in [0.15, 0.2) is 11.5 Å². The molecule has 5 rings (SSSR count). The van der Waals surface area contributed by atoms with E-state index < -0.39 is 10.0 Å². The van der Waals surface area contributed by atoms with Crippen LogP contribution >= 0.6 is 11.6 Å². The van der Waals surface area contributed by atoms with Gasteiger partial charge in [0.2, 0.25) is 6.79 Å².